The van der Waals surface area contributed by atoms with Gasteiger partial charge in [-0.1, -0.05) is 25.7 Å². The molecule has 0 bridgehead atoms. The number of hydrogen-bond donors (Lipinski definition) is 2. The lowest BCUT2D eigenvalue weighted by Crippen LogP contribution is -2.41. The number of H-pyrrole nitrogens is 1. The Bertz CT molecular complexity index is 574. The predicted molar refractivity (Wildman–Crippen MR) is 72.8 cm³/mol. The van der Waals surface area contributed by atoms with Gasteiger partial charge in [-0.15, -0.1) is 0 Å². The highest BCUT2D eigenvalue weighted by Gasteiger charge is 2.13. The highest BCUT2D eigenvalue weighted by Crippen LogP contribution is 2.09. The van der Waals surface area contributed by atoms with Crippen molar-refractivity contribution < 1.29 is 9.18 Å². The lowest BCUT2D eigenvalue weighted by Gasteiger charge is -2.15. The molecule has 106 valence electrons. The Morgan fingerprint density at radius 3 is 2.63 bits per heavy atom. The maximum atomic E-state index is 13.0. The number of amides is 1. The van der Waals surface area contributed by atoms with Gasteiger partial charge in [0.15, 0.2) is 0 Å². The minimum Gasteiger partial charge on any atom is -0.337 e. The summed E-state index contributed by atoms with van der Waals surface area (Å²) in [5, 5.41) is 2.52. The molecule has 0 aliphatic carbocycles. The molecule has 0 radical (unpaired) electrons. The van der Waals surface area contributed by atoms with Crippen molar-refractivity contribution in [2.24, 2.45) is 0 Å². The quantitative estimate of drug-likeness (QED) is 0.639. The van der Waals surface area contributed by atoms with Gasteiger partial charge in [-0.2, -0.15) is 4.39 Å². The third kappa shape index (κ3) is 4.82. The van der Waals surface area contributed by atoms with Crippen LogP contribution in [-0.2, 0) is 0 Å². The van der Waals surface area contributed by atoms with E-state index in [1.807, 2.05) is 0 Å². The van der Waals surface area contributed by atoms with Gasteiger partial charge in [0.2, 0.25) is 5.82 Å². The average Bonchev–Trinajstić information content (AvgIpc) is 2.28. The van der Waals surface area contributed by atoms with Crippen LogP contribution in [0, 0.1) is 5.82 Å². The van der Waals surface area contributed by atoms with Crippen LogP contribution in [0.1, 0.15) is 6.42 Å². The van der Waals surface area contributed by atoms with E-state index in [2.05, 4.69) is 25.0 Å². The van der Waals surface area contributed by atoms with Crippen LogP contribution in [0.5, 0.6) is 0 Å². The monoisotopic (exact) mass is 287 g/mol. The van der Waals surface area contributed by atoms with Gasteiger partial charge in [0, 0.05) is 14.6 Å². The Balaban J connectivity index is 2.62. The first-order valence-corrected chi connectivity index (χ1v) is 9.71. The number of aromatic nitrogens is 2. The molecular formula is C11H18FN3O3Si. The predicted octanol–water partition coefficient (Wildman–Crippen LogP) is 0.962. The lowest BCUT2D eigenvalue weighted by molar-refractivity contribution is 0.240. The molecule has 0 atom stereocenters. The molecule has 19 heavy (non-hydrogen) atoms. The van der Waals surface area contributed by atoms with Crippen molar-refractivity contribution in [3.63, 3.8) is 0 Å². The highest BCUT2D eigenvalue weighted by atomic mass is 28.3. The number of hydrogen-bond acceptors (Lipinski definition) is 3. The number of carbonyl (C=O) groups is 1. The Hall–Kier alpha value is -1.70. The van der Waals surface area contributed by atoms with Crippen molar-refractivity contribution in [2.75, 3.05) is 6.54 Å². The summed E-state index contributed by atoms with van der Waals surface area (Å²) in [4.78, 5) is 35.5. The first-order valence-electron chi connectivity index (χ1n) is 6.00. The number of carbonyl (C=O) groups excluding carboxylic acids is 1. The van der Waals surface area contributed by atoms with E-state index in [1.165, 1.54) is 0 Å². The molecular weight excluding hydrogens is 269 g/mol. The summed E-state index contributed by atoms with van der Waals surface area (Å²) in [5.41, 5.74) is -2.08. The minimum atomic E-state index is -1.17. The van der Waals surface area contributed by atoms with Crippen molar-refractivity contribution in [1.82, 2.24) is 14.9 Å². The first kappa shape index (κ1) is 15.4. The van der Waals surface area contributed by atoms with Crippen LogP contribution < -0.4 is 16.6 Å². The summed E-state index contributed by atoms with van der Waals surface area (Å²) in [5.74, 6) is -1.17. The SMILES string of the molecule is C[Si](C)(C)CCCNC(=O)n1cc(F)c(=O)[nH]c1=O. The van der Waals surface area contributed by atoms with E-state index in [0.717, 1.165) is 12.5 Å². The van der Waals surface area contributed by atoms with E-state index >= 15 is 0 Å². The molecule has 0 saturated carbocycles. The van der Waals surface area contributed by atoms with Crippen LogP contribution in [0.4, 0.5) is 9.18 Å². The molecule has 1 aromatic rings. The number of nitrogens with zero attached hydrogens (tertiary/aromatic N) is 1. The minimum absolute atomic E-state index is 0.413. The highest BCUT2D eigenvalue weighted by molar-refractivity contribution is 6.76. The summed E-state index contributed by atoms with van der Waals surface area (Å²) in [6.45, 7) is 7.07. The van der Waals surface area contributed by atoms with Crippen LogP contribution >= 0.6 is 0 Å². The first-order chi connectivity index (χ1) is 8.70. The van der Waals surface area contributed by atoms with E-state index < -0.39 is 31.2 Å². The number of nitrogens with one attached hydrogen (secondary N) is 2. The van der Waals surface area contributed by atoms with Crippen LogP contribution in [0.25, 0.3) is 0 Å². The molecule has 0 spiro atoms. The van der Waals surface area contributed by atoms with Gasteiger partial charge in [0.1, 0.15) is 0 Å². The topological polar surface area (TPSA) is 84.0 Å². The smallest absolute Gasteiger partial charge is 0.336 e. The molecule has 1 rings (SSSR count). The number of rotatable bonds is 4. The average molecular weight is 287 g/mol. The molecule has 0 aliphatic heterocycles. The molecule has 1 heterocycles. The molecule has 1 amide bonds. The van der Waals surface area contributed by atoms with Crippen LogP contribution in [0.15, 0.2) is 15.8 Å². The number of halogens is 1. The fourth-order valence-electron chi connectivity index (χ4n) is 1.50. The second-order valence-corrected chi connectivity index (χ2v) is 11.1. The molecule has 1 aromatic heterocycles. The van der Waals surface area contributed by atoms with Gasteiger partial charge in [0.25, 0.3) is 5.56 Å². The van der Waals surface area contributed by atoms with Crippen molar-refractivity contribution in [1.29, 1.82) is 0 Å². The summed E-state index contributed by atoms with van der Waals surface area (Å²) < 4.78 is 13.5. The van der Waals surface area contributed by atoms with Gasteiger partial charge in [-0.25, -0.2) is 14.2 Å². The zero-order valence-corrected chi connectivity index (χ0v) is 12.2. The zero-order chi connectivity index (χ0) is 14.6. The molecule has 0 saturated heterocycles. The second-order valence-electron chi connectivity index (χ2n) is 5.50. The van der Waals surface area contributed by atoms with Crippen LogP contribution in [-0.4, -0.2) is 30.2 Å². The maximum absolute atomic E-state index is 13.0. The third-order valence-electron chi connectivity index (χ3n) is 2.50. The Morgan fingerprint density at radius 1 is 1.42 bits per heavy atom. The normalized spacial score (nSPS) is 11.4. The van der Waals surface area contributed by atoms with Gasteiger partial charge >= 0.3 is 11.7 Å². The van der Waals surface area contributed by atoms with E-state index in [4.69, 9.17) is 0 Å². The van der Waals surface area contributed by atoms with Gasteiger partial charge in [-0.3, -0.25) is 9.78 Å². The van der Waals surface area contributed by atoms with Crippen molar-refractivity contribution in [2.45, 2.75) is 32.1 Å². The van der Waals surface area contributed by atoms with Crippen molar-refractivity contribution in [3.8, 4) is 0 Å². The third-order valence-corrected chi connectivity index (χ3v) is 4.35. The molecule has 6 nitrogen and oxygen atoms in total. The molecule has 0 aromatic carbocycles. The maximum Gasteiger partial charge on any atom is 0.336 e. The van der Waals surface area contributed by atoms with Crippen LogP contribution in [0.2, 0.25) is 25.7 Å². The molecule has 0 aliphatic rings. The summed E-state index contributed by atoms with van der Waals surface area (Å²) in [6.07, 6.45) is 1.40. The van der Waals surface area contributed by atoms with E-state index in [9.17, 15) is 18.8 Å². The standard InChI is InChI=1S/C11H18FN3O3Si/c1-19(2,3)6-4-5-13-10(17)15-7-8(12)9(16)14-11(15)18/h7H,4-6H2,1-3H3,(H,13,17)(H,14,16,18). The van der Waals surface area contributed by atoms with Crippen molar-refractivity contribution in [3.05, 3.63) is 32.9 Å². The lowest BCUT2D eigenvalue weighted by atomic mass is 10.5. The summed E-state index contributed by atoms with van der Waals surface area (Å²) >= 11 is 0. The molecule has 0 unspecified atom stereocenters. The Labute approximate surface area is 110 Å². The largest absolute Gasteiger partial charge is 0.337 e. The zero-order valence-electron chi connectivity index (χ0n) is 11.2. The van der Waals surface area contributed by atoms with Gasteiger partial charge in [0.05, 0.1) is 6.20 Å². The Kier molecular flexibility index (Phi) is 4.82. The van der Waals surface area contributed by atoms with Gasteiger partial charge < -0.3 is 5.32 Å². The molecule has 8 heteroatoms. The molecule has 0 fully saturated rings. The van der Waals surface area contributed by atoms with E-state index in [1.54, 1.807) is 4.98 Å². The Morgan fingerprint density at radius 2 is 2.05 bits per heavy atom. The van der Waals surface area contributed by atoms with Gasteiger partial charge in [-0.05, 0) is 6.42 Å². The second kappa shape index (κ2) is 5.96. The van der Waals surface area contributed by atoms with Crippen LogP contribution in [0.3, 0.4) is 0 Å². The van der Waals surface area contributed by atoms with E-state index in [0.29, 0.717) is 17.3 Å². The van der Waals surface area contributed by atoms with E-state index in [-0.39, 0.29) is 0 Å². The number of aromatic amines is 1. The fraction of sp³-hybridized carbons (Fsp3) is 0.545. The molecule has 2 N–H and O–H groups in total. The van der Waals surface area contributed by atoms with Crippen molar-refractivity contribution >= 4 is 14.1 Å². The fourth-order valence-corrected chi connectivity index (χ4v) is 2.74. The summed E-state index contributed by atoms with van der Waals surface area (Å²) in [7, 11) is -1.16. The summed E-state index contributed by atoms with van der Waals surface area (Å²) in [6, 6.07) is 0.304.